The number of nitrogens with one attached hydrogen (secondary N) is 1. The van der Waals surface area contributed by atoms with Crippen LogP contribution >= 0.6 is 23.1 Å². The molecule has 2 heterocycles. The Morgan fingerprint density at radius 1 is 1.23 bits per heavy atom. The van der Waals surface area contributed by atoms with Crippen molar-refractivity contribution >= 4 is 34.9 Å². The Balaban J connectivity index is 1.50. The number of carbonyl (C=O) groups is 2. The average Bonchev–Trinajstić information content (AvgIpc) is 3.20. The maximum absolute atomic E-state index is 12.7. The number of nitrogens with zero attached hydrogens (tertiary/aromatic N) is 1. The summed E-state index contributed by atoms with van der Waals surface area (Å²) in [6, 6.07) is 11.7. The Morgan fingerprint density at radius 3 is 2.77 bits per heavy atom. The van der Waals surface area contributed by atoms with Gasteiger partial charge in [0.05, 0.1) is 4.88 Å². The van der Waals surface area contributed by atoms with Gasteiger partial charge in [-0.15, -0.1) is 23.1 Å². The highest BCUT2D eigenvalue weighted by Gasteiger charge is 2.32. The molecular formula is C20H24N2O2S2. The van der Waals surface area contributed by atoms with E-state index >= 15 is 0 Å². The number of hydrogen-bond donors (Lipinski definition) is 1. The van der Waals surface area contributed by atoms with Crippen molar-refractivity contribution in [2.45, 2.75) is 37.1 Å². The number of aryl methyl sites for hydroxylation is 1. The van der Waals surface area contributed by atoms with E-state index in [2.05, 4.69) is 36.5 Å². The Morgan fingerprint density at radius 2 is 2.04 bits per heavy atom. The van der Waals surface area contributed by atoms with E-state index in [1.54, 1.807) is 16.7 Å². The molecule has 0 bridgehead atoms. The maximum atomic E-state index is 12.7. The fraction of sp³-hybridized carbons (Fsp3) is 0.400. The molecule has 0 aliphatic carbocycles. The molecule has 1 aromatic carbocycles. The summed E-state index contributed by atoms with van der Waals surface area (Å²) in [6.07, 6.45) is 2.70. The fourth-order valence-electron chi connectivity index (χ4n) is 3.08. The van der Waals surface area contributed by atoms with Crippen LogP contribution in [0.3, 0.4) is 0 Å². The fourth-order valence-corrected chi connectivity index (χ4v) is 4.53. The second kappa shape index (κ2) is 9.24. The maximum Gasteiger partial charge on any atom is 0.264 e. The lowest BCUT2D eigenvalue weighted by Gasteiger charge is -2.34. The van der Waals surface area contributed by atoms with Crippen LogP contribution in [0.2, 0.25) is 0 Å². The normalized spacial score (nSPS) is 17.1. The van der Waals surface area contributed by atoms with Gasteiger partial charge in [-0.2, -0.15) is 0 Å². The van der Waals surface area contributed by atoms with Crippen molar-refractivity contribution in [2.24, 2.45) is 0 Å². The van der Waals surface area contributed by atoms with Crippen molar-refractivity contribution in [2.75, 3.05) is 18.8 Å². The molecule has 1 aromatic heterocycles. The molecule has 0 spiro atoms. The molecule has 138 valence electrons. The summed E-state index contributed by atoms with van der Waals surface area (Å²) in [7, 11) is 0. The van der Waals surface area contributed by atoms with Crippen LogP contribution in [0.25, 0.3) is 0 Å². The number of thiophene rings is 1. The minimum absolute atomic E-state index is 0.0196. The first-order chi connectivity index (χ1) is 12.6. The predicted molar refractivity (Wildman–Crippen MR) is 108 cm³/mol. The van der Waals surface area contributed by atoms with Crippen LogP contribution in [0.5, 0.6) is 0 Å². The van der Waals surface area contributed by atoms with E-state index in [9.17, 15) is 9.59 Å². The second-order valence-corrected chi connectivity index (χ2v) is 8.56. The quantitative estimate of drug-likeness (QED) is 0.602. The van der Waals surface area contributed by atoms with E-state index in [0.29, 0.717) is 18.0 Å². The third kappa shape index (κ3) is 4.89. The third-order valence-corrected chi connectivity index (χ3v) is 6.36. The smallest absolute Gasteiger partial charge is 0.264 e. The molecule has 1 saturated heterocycles. The zero-order chi connectivity index (χ0) is 18.4. The van der Waals surface area contributed by atoms with Crippen molar-refractivity contribution in [3.63, 3.8) is 0 Å². The third-order valence-electron chi connectivity index (χ3n) is 4.49. The molecule has 6 heteroatoms. The van der Waals surface area contributed by atoms with Gasteiger partial charge in [0.25, 0.3) is 5.91 Å². The Hall–Kier alpha value is -1.79. The number of likely N-dealkylation sites (tertiary alicyclic amines) is 1. The highest BCUT2D eigenvalue weighted by atomic mass is 32.2. The Bertz CT molecular complexity index is 729. The summed E-state index contributed by atoms with van der Waals surface area (Å²) in [5.74, 6) is 0.772. The Labute approximate surface area is 163 Å². The van der Waals surface area contributed by atoms with Gasteiger partial charge in [0.2, 0.25) is 5.91 Å². The summed E-state index contributed by atoms with van der Waals surface area (Å²) in [5, 5.41) is 4.91. The van der Waals surface area contributed by atoms with Gasteiger partial charge in [0.1, 0.15) is 6.04 Å². The van der Waals surface area contributed by atoms with E-state index in [1.807, 2.05) is 17.5 Å². The number of rotatable bonds is 6. The molecule has 1 aliphatic heterocycles. The van der Waals surface area contributed by atoms with Crippen LogP contribution in [-0.2, 0) is 4.79 Å². The van der Waals surface area contributed by atoms with Crippen molar-refractivity contribution in [1.29, 1.82) is 0 Å². The topological polar surface area (TPSA) is 49.4 Å². The molecule has 4 nitrogen and oxygen atoms in total. The van der Waals surface area contributed by atoms with E-state index in [1.165, 1.54) is 21.8 Å². The van der Waals surface area contributed by atoms with E-state index in [0.717, 1.165) is 25.0 Å². The van der Waals surface area contributed by atoms with Gasteiger partial charge in [-0.25, -0.2) is 0 Å². The molecule has 1 unspecified atom stereocenters. The van der Waals surface area contributed by atoms with Crippen molar-refractivity contribution in [3.05, 3.63) is 52.2 Å². The van der Waals surface area contributed by atoms with Crippen molar-refractivity contribution < 1.29 is 9.59 Å². The van der Waals surface area contributed by atoms with Crippen LogP contribution in [0.15, 0.2) is 46.7 Å². The highest BCUT2D eigenvalue weighted by molar-refractivity contribution is 7.99. The predicted octanol–water partition coefficient (Wildman–Crippen LogP) is 3.96. The van der Waals surface area contributed by atoms with Crippen molar-refractivity contribution in [1.82, 2.24) is 10.2 Å². The molecule has 0 radical (unpaired) electrons. The van der Waals surface area contributed by atoms with Crippen molar-refractivity contribution in [3.8, 4) is 0 Å². The summed E-state index contributed by atoms with van der Waals surface area (Å²) in [4.78, 5) is 29.0. The summed E-state index contributed by atoms with van der Waals surface area (Å²) in [6.45, 7) is 3.34. The molecule has 1 N–H and O–H groups in total. The second-order valence-electron chi connectivity index (χ2n) is 6.44. The first kappa shape index (κ1) is 19.0. The van der Waals surface area contributed by atoms with E-state index < -0.39 is 0 Å². The molecule has 1 fully saturated rings. The minimum Gasteiger partial charge on any atom is -0.353 e. The number of benzene rings is 1. The number of hydrogen-bond acceptors (Lipinski definition) is 4. The lowest BCUT2D eigenvalue weighted by molar-refractivity contribution is -0.126. The molecule has 1 aliphatic rings. The summed E-state index contributed by atoms with van der Waals surface area (Å²) in [5.41, 5.74) is 1.25. The van der Waals surface area contributed by atoms with Gasteiger partial charge in [-0.3, -0.25) is 9.59 Å². The SMILES string of the molecule is Cc1ccc(SCCNC(=O)C2CCCCN2C(=O)c2cccs2)cc1. The van der Waals surface area contributed by atoms with E-state index in [-0.39, 0.29) is 17.9 Å². The van der Waals surface area contributed by atoms with Gasteiger partial charge in [-0.1, -0.05) is 23.8 Å². The molecule has 26 heavy (non-hydrogen) atoms. The Kier molecular flexibility index (Phi) is 6.74. The zero-order valence-electron chi connectivity index (χ0n) is 14.9. The molecule has 1 atom stereocenters. The van der Waals surface area contributed by atoms with E-state index in [4.69, 9.17) is 0 Å². The molecule has 2 aromatic rings. The van der Waals surface area contributed by atoms with Crippen LogP contribution in [0.1, 0.15) is 34.5 Å². The molecular weight excluding hydrogens is 364 g/mol. The number of carbonyl (C=O) groups excluding carboxylic acids is 2. The number of amides is 2. The monoisotopic (exact) mass is 388 g/mol. The lowest BCUT2D eigenvalue weighted by atomic mass is 10.0. The molecule has 3 rings (SSSR count). The first-order valence-electron chi connectivity index (χ1n) is 8.97. The largest absolute Gasteiger partial charge is 0.353 e. The molecule has 0 saturated carbocycles. The van der Waals surface area contributed by atoms with Gasteiger partial charge >= 0.3 is 0 Å². The van der Waals surface area contributed by atoms with Gasteiger partial charge in [-0.05, 0) is 49.8 Å². The van der Waals surface area contributed by atoms with Crippen LogP contribution in [0.4, 0.5) is 0 Å². The average molecular weight is 389 g/mol. The van der Waals surface area contributed by atoms with Crippen LogP contribution < -0.4 is 5.32 Å². The van der Waals surface area contributed by atoms with Crippen LogP contribution in [-0.4, -0.2) is 41.6 Å². The zero-order valence-corrected chi connectivity index (χ0v) is 16.6. The minimum atomic E-state index is -0.345. The molecule has 2 amide bonds. The first-order valence-corrected chi connectivity index (χ1v) is 10.8. The van der Waals surface area contributed by atoms with Gasteiger partial charge in [0, 0.05) is 23.7 Å². The highest BCUT2D eigenvalue weighted by Crippen LogP contribution is 2.22. The lowest BCUT2D eigenvalue weighted by Crippen LogP contribution is -2.52. The number of thioether (sulfide) groups is 1. The summed E-state index contributed by atoms with van der Waals surface area (Å²) < 4.78 is 0. The van der Waals surface area contributed by atoms with Gasteiger partial charge in [0.15, 0.2) is 0 Å². The number of piperidine rings is 1. The van der Waals surface area contributed by atoms with Crippen LogP contribution in [0, 0.1) is 6.92 Å². The standard InChI is InChI=1S/C20H24N2O2S2/c1-15-7-9-16(10-8-15)25-14-11-21-19(23)17-5-2-3-12-22(17)20(24)18-6-4-13-26-18/h4,6-10,13,17H,2-3,5,11-12,14H2,1H3,(H,21,23). The summed E-state index contributed by atoms with van der Waals surface area (Å²) >= 11 is 3.16. The van der Waals surface area contributed by atoms with Gasteiger partial charge < -0.3 is 10.2 Å².